The number of nitrogens with one attached hydrogen (secondary N) is 1. The molecule has 112 valence electrons. The smallest absolute Gasteiger partial charge is 0.324 e. The van der Waals surface area contributed by atoms with E-state index < -0.39 is 11.7 Å². The molecule has 2 aromatic carbocycles. The molecule has 1 N–H and O–H groups in total. The molecule has 2 aromatic rings. The zero-order valence-electron chi connectivity index (χ0n) is 11.3. The molecule has 0 aliphatic carbocycles. The number of aliphatic imine (C=N–C) groups is 1. The van der Waals surface area contributed by atoms with Crippen LogP contribution in [0.5, 0.6) is 0 Å². The van der Waals surface area contributed by atoms with Crippen LogP contribution in [0.1, 0.15) is 11.1 Å². The van der Waals surface area contributed by atoms with Crippen LogP contribution in [-0.2, 0) is 11.0 Å². The Morgan fingerprint density at radius 3 is 2.36 bits per heavy atom. The van der Waals surface area contributed by atoms with Crippen molar-refractivity contribution in [3.05, 3.63) is 53.6 Å². The minimum atomic E-state index is -4.34. The summed E-state index contributed by atoms with van der Waals surface area (Å²) < 4.78 is 37.7. The fourth-order valence-corrected chi connectivity index (χ4v) is 2.23. The predicted molar refractivity (Wildman–Crippen MR) is 78.0 cm³/mol. The summed E-state index contributed by atoms with van der Waals surface area (Å²) in [6.45, 7) is 0.0598. The van der Waals surface area contributed by atoms with Crippen molar-refractivity contribution in [3.8, 4) is 11.1 Å². The van der Waals surface area contributed by atoms with Gasteiger partial charge in [-0.3, -0.25) is 9.79 Å². The Morgan fingerprint density at radius 1 is 1.00 bits per heavy atom. The zero-order chi connectivity index (χ0) is 15.7. The lowest BCUT2D eigenvalue weighted by atomic mass is 10.0. The Labute approximate surface area is 124 Å². The van der Waals surface area contributed by atoms with E-state index >= 15 is 0 Å². The summed E-state index contributed by atoms with van der Waals surface area (Å²) in [4.78, 5) is 15.4. The highest BCUT2D eigenvalue weighted by molar-refractivity contribution is 6.02. The van der Waals surface area contributed by atoms with Gasteiger partial charge in [-0.1, -0.05) is 18.2 Å². The normalized spacial score (nSPS) is 14.2. The minimum absolute atomic E-state index is 0.0598. The van der Waals surface area contributed by atoms with Gasteiger partial charge in [0.1, 0.15) is 6.54 Å². The number of amides is 1. The Morgan fingerprint density at radius 2 is 1.68 bits per heavy atom. The van der Waals surface area contributed by atoms with Gasteiger partial charge < -0.3 is 5.32 Å². The Balaban J connectivity index is 1.96. The Kier molecular flexibility index (Phi) is 3.44. The van der Waals surface area contributed by atoms with E-state index in [9.17, 15) is 18.0 Å². The Bertz CT molecular complexity index is 749. The molecule has 3 nitrogen and oxygen atoms in total. The second-order valence-electron chi connectivity index (χ2n) is 4.90. The van der Waals surface area contributed by atoms with Gasteiger partial charge in [0.25, 0.3) is 0 Å². The maximum absolute atomic E-state index is 12.6. The second kappa shape index (κ2) is 5.29. The third-order valence-corrected chi connectivity index (χ3v) is 3.34. The number of rotatable bonds is 1. The van der Waals surface area contributed by atoms with Crippen molar-refractivity contribution in [3.63, 3.8) is 0 Å². The minimum Gasteiger partial charge on any atom is -0.324 e. The molecule has 1 aliphatic rings. The van der Waals surface area contributed by atoms with Crippen molar-refractivity contribution in [2.45, 2.75) is 6.18 Å². The predicted octanol–water partition coefficient (Wildman–Crippen LogP) is 3.74. The van der Waals surface area contributed by atoms with Gasteiger partial charge in [-0.05, 0) is 35.4 Å². The van der Waals surface area contributed by atoms with Crippen LogP contribution >= 0.6 is 0 Å². The molecule has 0 radical (unpaired) electrons. The van der Waals surface area contributed by atoms with Crippen molar-refractivity contribution in [1.29, 1.82) is 0 Å². The monoisotopic (exact) mass is 304 g/mol. The number of anilines is 1. The zero-order valence-corrected chi connectivity index (χ0v) is 11.3. The van der Waals surface area contributed by atoms with E-state index in [0.29, 0.717) is 11.3 Å². The van der Waals surface area contributed by atoms with Crippen LogP contribution < -0.4 is 5.32 Å². The van der Waals surface area contributed by atoms with Gasteiger partial charge in [0.05, 0.1) is 5.56 Å². The highest BCUT2D eigenvalue weighted by atomic mass is 19.4. The lowest BCUT2D eigenvalue weighted by Crippen LogP contribution is -2.13. The number of benzene rings is 2. The molecule has 0 saturated carbocycles. The molecule has 0 bridgehead atoms. The van der Waals surface area contributed by atoms with Crippen LogP contribution in [0.15, 0.2) is 47.5 Å². The van der Waals surface area contributed by atoms with Gasteiger partial charge in [-0.2, -0.15) is 13.2 Å². The highest BCUT2D eigenvalue weighted by Gasteiger charge is 2.29. The number of halogens is 3. The first-order chi connectivity index (χ1) is 10.4. The molecule has 3 rings (SSSR count). The first-order valence-electron chi connectivity index (χ1n) is 6.55. The van der Waals surface area contributed by atoms with E-state index in [0.717, 1.165) is 23.3 Å². The van der Waals surface area contributed by atoms with E-state index in [1.54, 1.807) is 24.4 Å². The van der Waals surface area contributed by atoms with Crippen LogP contribution in [-0.4, -0.2) is 18.7 Å². The number of nitrogens with zero attached hydrogens (tertiary/aromatic N) is 1. The Hall–Kier alpha value is -2.63. The number of hydrogen-bond acceptors (Lipinski definition) is 2. The van der Waals surface area contributed by atoms with E-state index in [1.807, 2.05) is 0 Å². The van der Waals surface area contributed by atoms with Crippen LogP contribution in [0.4, 0.5) is 18.9 Å². The van der Waals surface area contributed by atoms with Gasteiger partial charge in [0, 0.05) is 17.5 Å². The van der Waals surface area contributed by atoms with Crippen molar-refractivity contribution in [2.24, 2.45) is 4.99 Å². The molecule has 1 amide bonds. The topological polar surface area (TPSA) is 41.5 Å². The van der Waals surface area contributed by atoms with Gasteiger partial charge in [-0.25, -0.2) is 0 Å². The lowest BCUT2D eigenvalue weighted by Gasteiger charge is -2.10. The molecule has 0 fully saturated rings. The summed E-state index contributed by atoms with van der Waals surface area (Å²) >= 11 is 0. The molecule has 6 heteroatoms. The van der Waals surface area contributed by atoms with E-state index in [1.165, 1.54) is 12.1 Å². The van der Waals surface area contributed by atoms with Gasteiger partial charge >= 0.3 is 6.18 Å². The molecular weight excluding hydrogens is 293 g/mol. The number of hydrogen-bond donors (Lipinski definition) is 1. The molecule has 0 saturated heterocycles. The molecule has 22 heavy (non-hydrogen) atoms. The molecule has 0 atom stereocenters. The van der Waals surface area contributed by atoms with Crippen LogP contribution in [0, 0.1) is 0 Å². The molecular formula is C16H11F3N2O. The SMILES string of the molecule is O=C1CN=Cc2cc(-c3ccc(C(F)(F)F)cc3)ccc2N1. The number of benzodiazepines with no additional fused rings is 1. The van der Waals surface area contributed by atoms with Crippen LogP contribution in [0.3, 0.4) is 0 Å². The summed E-state index contributed by atoms with van der Waals surface area (Å²) in [5.41, 5.74) is 2.11. The van der Waals surface area contributed by atoms with E-state index in [4.69, 9.17) is 0 Å². The maximum Gasteiger partial charge on any atom is 0.416 e. The number of carbonyl (C=O) groups excluding carboxylic acids is 1. The van der Waals surface area contributed by atoms with E-state index in [-0.39, 0.29) is 12.5 Å². The summed E-state index contributed by atoms with van der Waals surface area (Å²) in [5, 5.41) is 2.72. The third kappa shape index (κ3) is 2.86. The van der Waals surface area contributed by atoms with Crippen molar-refractivity contribution >= 4 is 17.8 Å². The molecule has 0 aromatic heterocycles. The van der Waals surface area contributed by atoms with Crippen molar-refractivity contribution < 1.29 is 18.0 Å². The lowest BCUT2D eigenvalue weighted by molar-refractivity contribution is -0.137. The van der Waals surface area contributed by atoms with Crippen LogP contribution in [0.25, 0.3) is 11.1 Å². The third-order valence-electron chi connectivity index (χ3n) is 3.34. The molecule has 0 spiro atoms. The number of alkyl halides is 3. The standard InChI is InChI=1S/C16H11F3N2O/c17-16(18,19)13-4-1-10(2-5-13)11-3-6-14-12(7-11)8-20-9-15(22)21-14/h1-8H,9H2,(H,21,22). The summed E-state index contributed by atoms with van der Waals surface area (Å²) in [6.07, 6.45) is -2.76. The second-order valence-corrected chi connectivity index (χ2v) is 4.90. The summed E-state index contributed by atoms with van der Waals surface area (Å²) in [6, 6.07) is 10.2. The first-order valence-corrected chi connectivity index (χ1v) is 6.55. The van der Waals surface area contributed by atoms with Gasteiger partial charge in [-0.15, -0.1) is 0 Å². The summed E-state index contributed by atoms with van der Waals surface area (Å²) in [5.74, 6) is -0.197. The van der Waals surface area contributed by atoms with E-state index in [2.05, 4.69) is 10.3 Å². The quantitative estimate of drug-likeness (QED) is 0.856. The highest BCUT2D eigenvalue weighted by Crippen LogP contribution is 2.31. The summed E-state index contributed by atoms with van der Waals surface area (Å²) in [7, 11) is 0. The first kappa shape index (κ1) is 14.3. The molecule has 0 unspecified atom stereocenters. The average molecular weight is 304 g/mol. The number of fused-ring (bicyclic) bond motifs is 1. The largest absolute Gasteiger partial charge is 0.416 e. The van der Waals surface area contributed by atoms with Crippen molar-refractivity contribution in [2.75, 3.05) is 11.9 Å². The van der Waals surface area contributed by atoms with Crippen molar-refractivity contribution in [1.82, 2.24) is 0 Å². The maximum atomic E-state index is 12.6. The number of carbonyl (C=O) groups is 1. The van der Waals surface area contributed by atoms with Crippen LogP contribution in [0.2, 0.25) is 0 Å². The average Bonchev–Trinajstić information content (AvgIpc) is 2.66. The molecule has 1 heterocycles. The fourth-order valence-electron chi connectivity index (χ4n) is 2.23. The molecule has 1 aliphatic heterocycles. The van der Waals surface area contributed by atoms with Gasteiger partial charge in [0.2, 0.25) is 5.91 Å². The van der Waals surface area contributed by atoms with Gasteiger partial charge in [0.15, 0.2) is 0 Å². The fraction of sp³-hybridized carbons (Fsp3) is 0.125.